The van der Waals surface area contributed by atoms with Gasteiger partial charge in [-0.15, -0.1) is 5.10 Å². The number of hydrogen-bond acceptors (Lipinski definition) is 7. The molecule has 0 saturated carbocycles. The molecular weight excluding hydrogens is 450 g/mol. The van der Waals surface area contributed by atoms with Crippen molar-refractivity contribution in [3.05, 3.63) is 83.3 Å². The molecule has 0 bridgehead atoms. The summed E-state index contributed by atoms with van der Waals surface area (Å²) in [5, 5.41) is 7.13. The molecule has 2 heterocycles. The Morgan fingerprint density at radius 2 is 1.71 bits per heavy atom. The Morgan fingerprint density at radius 1 is 0.943 bits per heavy atom. The Kier molecular flexibility index (Phi) is 5.76. The van der Waals surface area contributed by atoms with Crippen LogP contribution in [0.2, 0.25) is 0 Å². The maximum Gasteiger partial charge on any atom is 0.351 e. The molecule has 5 aromatic rings. The highest BCUT2D eigenvalue weighted by Crippen LogP contribution is 2.29. The lowest BCUT2D eigenvalue weighted by molar-refractivity contribution is -0.117. The number of nitrogens with one attached hydrogen (secondary N) is 1. The third kappa shape index (κ3) is 4.24. The molecule has 0 atom stereocenters. The van der Waals surface area contributed by atoms with Gasteiger partial charge in [0.2, 0.25) is 11.6 Å². The molecule has 10 nitrogen and oxygen atoms in total. The Balaban J connectivity index is 1.54. The quantitative estimate of drug-likeness (QED) is 0.387. The summed E-state index contributed by atoms with van der Waals surface area (Å²) in [6.07, 6.45) is 0. The van der Waals surface area contributed by atoms with Crippen molar-refractivity contribution in [2.75, 3.05) is 19.5 Å². The van der Waals surface area contributed by atoms with Gasteiger partial charge in [-0.05, 0) is 36.4 Å². The maximum atomic E-state index is 13.3. The first-order valence-corrected chi connectivity index (χ1v) is 10.7. The summed E-state index contributed by atoms with van der Waals surface area (Å²) >= 11 is 0. The number of aromatic nitrogens is 4. The molecule has 176 valence electrons. The van der Waals surface area contributed by atoms with Gasteiger partial charge in [0.05, 0.1) is 30.9 Å². The molecule has 10 heteroatoms. The Hall–Kier alpha value is -4.86. The van der Waals surface area contributed by atoms with Crippen LogP contribution in [0, 0.1) is 0 Å². The summed E-state index contributed by atoms with van der Waals surface area (Å²) in [4.78, 5) is 30.7. The molecule has 0 fully saturated rings. The van der Waals surface area contributed by atoms with Gasteiger partial charge in [-0.3, -0.25) is 4.79 Å². The molecule has 3 aromatic carbocycles. The summed E-state index contributed by atoms with van der Waals surface area (Å²) in [5.74, 6) is 1.23. The van der Waals surface area contributed by atoms with Crippen LogP contribution in [0.5, 0.6) is 23.1 Å². The van der Waals surface area contributed by atoms with Gasteiger partial charge in [0.25, 0.3) is 5.88 Å². The van der Waals surface area contributed by atoms with Crippen molar-refractivity contribution in [1.82, 2.24) is 19.2 Å². The van der Waals surface area contributed by atoms with Crippen molar-refractivity contribution in [1.29, 1.82) is 0 Å². The zero-order valence-corrected chi connectivity index (χ0v) is 19.0. The second-order valence-electron chi connectivity index (χ2n) is 7.53. The first-order valence-electron chi connectivity index (χ1n) is 10.7. The predicted octanol–water partition coefficient (Wildman–Crippen LogP) is 3.49. The van der Waals surface area contributed by atoms with Gasteiger partial charge in [-0.1, -0.05) is 30.3 Å². The van der Waals surface area contributed by atoms with Crippen LogP contribution in [-0.4, -0.2) is 39.3 Å². The van der Waals surface area contributed by atoms with Crippen molar-refractivity contribution in [3.63, 3.8) is 0 Å². The fourth-order valence-corrected chi connectivity index (χ4v) is 3.68. The summed E-state index contributed by atoms with van der Waals surface area (Å²) < 4.78 is 18.9. The van der Waals surface area contributed by atoms with E-state index in [1.54, 1.807) is 48.5 Å². The number of methoxy groups -OCH3 is 2. The fourth-order valence-electron chi connectivity index (χ4n) is 3.68. The number of para-hydroxylation sites is 3. The molecule has 2 aromatic heterocycles. The highest BCUT2D eigenvalue weighted by Gasteiger charge is 2.19. The molecule has 0 radical (unpaired) electrons. The lowest BCUT2D eigenvalue weighted by Gasteiger charge is -2.11. The minimum absolute atomic E-state index is 0.153. The lowest BCUT2D eigenvalue weighted by atomic mass is 10.2. The second-order valence-corrected chi connectivity index (χ2v) is 7.53. The summed E-state index contributed by atoms with van der Waals surface area (Å²) in [6.45, 7) is -0.333. The highest BCUT2D eigenvalue weighted by atomic mass is 16.5. The number of hydrogen-bond donors (Lipinski definition) is 1. The monoisotopic (exact) mass is 471 g/mol. The number of benzene rings is 3. The number of carbonyl (C=O) groups is 1. The van der Waals surface area contributed by atoms with Crippen molar-refractivity contribution in [3.8, 4) is 23.1 Å². The van der Waals surface area contributed by atoms with Crippen molar-refractivity contribution < 1.29 is 19.0 Å². The standard InChI is InChI=1S/C25H21N5O5/c1-33-17-12-13-21(34-2)19(14-17)26-22(31)15-29-25(32)30-20-11-7-6-10-18(20)27-24(23(30)28-29)35-16-8-4-3-5-9-16/h3-14H,15H2,1-2H3,(H,26,31). The van der Waals surface area contributed by atoms with Crippen LogP contribution < -0.4 is 25.2 Å². The smallest absolute Gasteiger partial charge is 0.351 e. The van der Waals surface area contributed by atoms with Gasteiger partial charge in [0.15, 0.2) is 0 Å². The Bertz CT molecular complexity index is 1590. The van der Waals surface area contributed by atoms with Crippen LogP contribution in [0.1, 0.15) is 0 Å². The van der Waals surface area contributed by atoms with Crippen molar-refractivity contribution >= 4 is 28.3 Å². The number of amides is 1. The Labute approximate surface area is 199 Å². The largest absolute Gasteiger partial charge is 0.497 e. The molecular formula is C25H21N5O5. The molecule has 0 aliphatic heterocycles. The summed E-state index contributed by atoms with van der Waals surface area (Å²) in [5.41, 5.74) is 1.22. The van der Waals surface area contributed by atoms with E-state index in [9.17, 15) is 9.59 Å². The minimum Gasteiger partial charge on any atom is -0.497 e. The molecule has 1 N–H and O–H groups in total. The van der Waals surface area contributed by atoms with Crippen molar-refractivity contribution in [2.45, 2.75) is 6.54 Å². The average molecular weight is 471 g/mol. The van der Waals surface area contributed by atoms with E-state index < -0.39 is 11.6 Å². The van der Waals surface area contributed by atoms with E-state index in [1.165, 1.54) is 18.6 Å². The van der Waals surface area contributed by atoms with Crippen LogP contribution in [0.15, 0.2) is 77.6 Å². The topological polar surface area (TPSA) is 109 Å². The van der Waals surface area contributed by atoms with Gasteiger partial charge in [-0.2, -0.15) is 0 Å². The van der Waals surface area contributed by atoms with Gasteiger partial charge in [0.1, 0.15) is 23.8 Å². The molecule has 0 saturated heterocycles. The highest BCUT2D eigenvalue weighted by molar-refractivity contribution is 5.92. The fraction of sp³-hybridized carbons (Fsp3) is 0.120. The molecule has 5 rings (SSSR count). The molecule has 35 heavy (non-hydrogen) atoms. The third-order valence-electron chi connectivity index (χ3n) is 5.31. The van der Waals surface area contributed by atoms with Crippen LogP contribution >= 0.6 is 0 Å². The molecule has 0 unspecified atom stereocenters. The summed E-state index contributed by atoms with van der Waals surface area (Å²) in [6, 6.07) is 21.3. The normalized spacial score (nSPS) is 10.9. The number of nitrogens with zero attached hydrogens (tertiary/aromatic N) is 4. The number of anilines is 1. The van der Waals surface area contributed by atoms with E-state index in [-0.39, 0.29) is 18.1 Å². The van der Waals surface area contributed by atoms with Crippen molar-refractivity contribution in [2.24, 2.45) is 0 Å². The van der Waals surface area contributed by atoms with Crippen LogP contribution in [-0.2, 0) is 11.3 Å². The summed E-state index contributed by atoms with van der Waals surface area (Å²) in [7, 11) is 3.02. The van der Waals surface area contributed by atoms with Gasteiger partial charge in [0, 0.05) is 6.07 Å². The van der Waals surface area contributed by atoms with E-state index in [4.69, 9.17) is 14.2 Å². The number of rotatable bonds is 7. The zero-order valence-electron chi connectivity index (χ0n) is 19.0. The first kappa shape index (κ1) is 22.0. The first-order chi connectivity index (χ1) is 17.1. The van der Waals surface area contributed by atoms with Gasteiger partial charge in [-0.25, -0.2) is 18.9 Å². The molecule has 0 aliphatic rings. The number of carbonyl (C=O) groups excluding carboxylic acids is 1. The maximum absolute atomic E-state index is 13.3. The number of ether oxygens (including phenoxy) is 3. The van der Waals surface area contributed by atoms with E-state index in [0.29, 0.717) is 34.0 Å². The molecule has 1 amide bonds. The minimum atomic E-state index is -0.496. The van der Waals surface area contributed by atoms with Crippen LogP contribution in [0.4, 0.5) is 5.69 Å². The van der Waals surface area contributed by atoms with E-state index in [2.05, 4.69) is 15.4 Å². The Morgan fingerprint density at radius 3 is 2.49 bits per heavy atom. The van der Waals surface area contributed by atoms with E-state index >= 15 is 0 Å². The number of fused-ring (bicyclic) bond motifs is 3. The zero-order chi connectivity index (χ0) is 24.4. The lowest BCUT2D eigenvalue weighted by Crippen LogP contribution is -2.28. The van der Waals surface area contributed by atoms with Crippen LogP contribution in [0.3, 0.4) is 0 Å². The van der Waals surface area contributed by atoms with Gasteiger partial charge < -0.3 is 19.5 Å². The molecule has 0 spiro atoms. The predicted molar refractivity (Wildman–Crippen MR) is 129 cm³/mol. The third-order valence-corrected chi connectivity index (χ3v) is 5.31. The average Bonchev–Trinajstić information content (AvgIpc) is 3.21. The van der Waals surface area contributed by atoms with Gasteiger partial charge >= 0.3 is 5.69 Å². The van der Waals surface area contributed by atoms with Crippen LogP contribution in [0.25, 0.3) is 16.7 Å². The second kappa shape index (κ2) is 9.18. The van der Waals surface area contributed by atoms with E-state index in [0.717, 1.165) is 4.68 Å². The van der Waals surface area contributed by atoms with E-state index in [1.807, 2.05) is 24.3 Å². The molecule has 0 aliphatic carbocycles. The SMILES string of the molecule is COc1ccc(OC)c(NC(=O)Cn2nc3c(Oc4ccccc4)nc4ccccc4n3c2=O)c1.